The summed E-state index contributed by atoms with van der Waals surface area (Å²) in [5, 5.41) is 3.61. The number of benzene rings is 2. The molecule has 0 aliphatic carbocycles. The van der Waals surface area contributed by atoms with Gasteiger partial charge in [0.05, 0.1) is 5.52 Å². The van der Waals surface area contributed by atoms with E-state index in [1.165, 1.54) is 10.8 Å². The highest BCUT2D eigenvalue weighted by Gasteiger charge is 2.04. The van der Waals surface area contributed by atoms with E-state index in [0.29, 0.717) is 0 Å². The van der Waals surface area contributed by atoms with Crippen molar-refractivity contribution in [2.24, 2.45) is 0 Å². The second kappa shape index (κ2) is 3.31. The van der Waals surface area contributed by atoms with Gasteiger partial charge in [-0.25, -0.2) is 4.98 Å². The number of para-hydroxylation sites is 1. The Balaban J connectivity index is 2.64. The molecule has 2 heteroatoms. The highest BCUT2D eigenvalue weighted by atomic mass is 79.9. The van der Waals surface area contributed by atoms with Crippen LogP contribution in [0.15, 0.2) is 53.1 Å². The average Bonchev–Trinajstić information content (AvgIpc) is 2.30. The van der Waals surface area contributed by atoms with E-state index in [1.54, 1.807) is 0 Å². The molecular weight excluding hydrogens is 250 g/mol. The molecule has 1 heterocycles. The van der Waals surface area contributed by atoms with Gasteiger partial charge in [0.15, 0.2) is 0 Å². The summed E-state index contributed by atoms with van der Waals surface area (Å²) in [4.78, 5) is 4.52. The SMILES string of the molecule is Brc1nc2ccccc2c2ccccc12. The monoisotopic (exact) mass is 257 g/mol. The fourth-order valence-corrected chi connectivity index (χ4v) is 2.40. The predicted octanol–water partition coefficient (Wildman–Crippen LogP) is 4.15. The molecule has 0 saturated carbocycles. The summed E-state index contributed by atoms with van der Waals surface area (Å²) in [7, 11) is 0. The van der Waals surface area contributed by atoms with E-state index in [9.17, 15) is 0 Å². The molecular formula is C13H8BrN. The first-order valence-electron chi connectivity index (χ1n) is 4.79. The Bertz CT molecular complexity index is 646. The minimum Gasteiger partial charge on any atom is -0.240 e. The molecule has 0 aliphatic heterocycles. The Morgan fingerprint density at radius 1 is 0.733 bits per heavy atom. The van der Waals surface area contributed by atoms with E-state index in [0.717, 1.165) is 15.5 Å². The van der Waals surface area contributed by atoms with Crippen LogP contribution in [0, 0.1) is 0 Å². The van der Waals surface area contributed by atoms with Crippen molar-refractivity contribution in [1.82, 2.24) is 4.98 Å². The van der Waals surface area contributed by atoms with Gasteiger partial charge >= 0.3 is 0 Å². The lowest BCUT2D eigenvalue weighted by atomic mass is 10.1. The third kappa shape index (κ3) is 1.33. The first-order valence-corrected chi connectivity index (χ1v) is 5.58. The van der Waals surface area contributed by atoms with Crippen LogP contribution < -0.4 is 0 Å². The Hall–Kier alpha value is -1.41. The number of rotatable bonds is 0. The maximum atomic E-state index is 4.52. The first kappa shape index (κ1) is 8.86. The molecule has 72 valence electrons. The average molecular weight is 258 g/mol. The smallest absolute Gasteiger partial charge is 0.114 e. The van der Waals surface area contributed by atoms with Gasteiger partial charge in [-0.15, -0.1) is 0 Å². The maximum absolute atomic E-state index is 4.52. The first-order chi connectivity index (χ1) is 7.36. The number of hydrogen-bond donors (Lipinski definition) is 0. The number of pyridine rings is 1. The van der Waals surface area contributed by atoms with Gasteiger partial charge in [-0.05, 0) is 27.4 Å². The van der Waals surface area contributed by atoms with Crippen LogP contribution in [0.25, 0.3) is 21.7 Å². The standard InChI is InChI=1S/C13H8BrN/c14-13-11-7-2-1-5-9(11)10-6-3-4-8-12(10)15-13/h1-8H. The Kier molecular flexibility index (Phi) is 1.96. The lowest BCUT2D eigenvalue weighted by molar-refractivity contribution is 1.39. The van der Waals surface area contributed by atoms with E-state index < -0.39 is 0 Å². The summed E-state index contributed by atoms with van der Waals surface area (Å²) in [6.45, 7) is 0. The van der Waals surface area contributed by atoms with Gasteiger partial charge in [0.2, 0.25) is 0 Å². The van der Waals surface area contributed by atoms with Gasteiger partial charge in [0, 0.05) is 10.8 Å². The van der Waals surface area contributed by atoms with Gasteiger partial charge < -0.3 is 0 Å². The zero-order valence-electron chi connectivity index (χ0n) is 7.94. The second-order valence-corrected chi connectivity index (χ2v) is 4.22. The van der Waals surface area contributed by atoms with E-state index in [-0.39, 0.29) is 0 Å². The van der Waals surface area contributed by atoms with Crippen LogP contribution in [-0.4, -0.2) is 4.98 Å². The van der Waals surface area contributed by atoms with Crippen molar-refractivity contribution in [3.63, 3.8) is 0 Å². The van der Waals surface area contributed by atoms with Crippen molar-refractivity contribution in [3.8, 4) is 0 Å². The van der Waals surface area contributed by atoms with Gasteiger partial charge in [-0.2, -0.15) is 0 Å². The molecule has 0 bridgehead atoms. The zero-order chi connectivity index (χ0) is 10.3. The normalized spacial score (nSPS) is 11.0. The number of aromatic nitrogens is 1. The van der Waals surface area contributed by atoms with Crippen molar-refractivity contribution >= 4 is 37.6 Å². The van der Waals surface area contributed by atoms with Crippen LogP contribution in [0.2, 0.25) is 0 Å². The molecule has 3 aromatic rings. The summed E-state index contributed by atoms with van der Waals surface area (Å²) in [5.41, 5.74) is 1.03. The largest absolute Gasteiger partial charge is 0.240 e. The zero-order valence-corrected chi connectivity index (χ0v) is 9.53. The second-order valence-electron chi connectivity index (χ2n) is 3.47. The van der Waals surface area contributed by atoms with Gasteiger partial charge in [0.25, 0.3) is 0 Å². The third-order valence-electron chi connectivity index (χ3n) is 2.56. The molecule has 2 aromatic carbocycles. The van der Waals surface area contributed by atoms with Gasteiger partial charge in [-0.3, -0.25) is 0 Å². The highest BCUT2D eigenvalue weighted by Crippen LogP contribution is 2.28. The molecule has 0 saturated heterocycles. The maximum Gasteiger partial charge on any atom is 0.114 e. The van der Waals surface area contributed by atoms with Crippen LogP contribution in [0.3, 0.4) is 0 Å². The third-order valence-corrected chi connectivity index (χ3v) is 3.17. The lowest BCUT2D eigenvalue weighted by Gasteiger charge is -2.04. The molecule has 3 rings (SSSR count). The summed E-state index contributed by atoms with van der Waals surface area (Å²) >= 11 is 3.51. The molecule has 0 amide bonds. The molecule has 0 aliphatic rings. The van der Waals surface area contributed by atoms with Crippen LogP contribution in [-0.2, 0) is 0 Å². The highest BCUT2D eigenvalue weighted by molar-refractivity contribution is 9.10. The Morgan fingerprint density at radius 3 is 2.13 bits per heavy atom. The van der Waals surface area contributed by atoms with E-state index >= 15 is 0 Å². The number of hydrogen-bond acceptors (Lipinski definition) is 1. The molecule has 0 radical (unpaired) electrons. The van der Waals surface area contributed by atoms with Crippen LogP contribution >= 0.6 is 15.9 Å². The summed E-state index contributed by atoms with van der Waals surface area (Å²) in [5.74, 6) is 0. The molecule has 1 aromatic heterocycles. The van der Waals surface area contributed by atoms with Crippen molar-refractivity contribution in [3.05, 3.63) is 53.1 Å². The van der Waals surface area contributed by atoms with Crippen LogP contribution in [0.5, 0.6) is 0 Å². The fourth-order valence-electron chi connectivity index (χ4n) is 1.86. The van der Waals surface area contributed by atoms with Crippen molar-refractivity contribution in [1.29, 1.82) is 0 Å². The number of nitrogens with zero attached hydrogens (tertiary/aromatic N) is 1. The van der Waals surface area contributed by atoms with Gasteiger partial charge in [0.1, 0.15) is 4.60 Å². The number of halogens is 1. The Morgan fingerprint density at radius 2 is 1.33 bits per heavy atom. The fraction of sp³-hybridized carbons (Fsp3) is 0. The van der Waals surface area contributed by atoms with Crippen molar-refractivity contribution in [2.45, 2.75) is 0 Å². The van der Waals surface area contributed by atoms with Crippen molar-refractivity contribution < 1.29 is 0 Å². The number of fused-ring (bicyclic) bond motifs is 3. The summed E-state index contributed by atoms with van der Waals surface area (Å²) in [6, 6.07) is 16.5. The lowest BCUT2D eigenvalue weighted by Crippen LogP contribution is -1.83. The molecule has 0 fully saturated rings. The topological polar surface area (TPSA) is 12.9 Å². The predicted molar refractivity (Wildman–Crippen MR) is 66.9 cm³/mol. The molecule has 0 atom stereocenters. The molecule has 0 unspecified atom stereocenters. The molecule has 0 spiro atoms. The summed E-state index contributed by atoms with van der Waals surface area (Å²) in [6.07, 6.45) is 0. The van der Waals surface area contributed by atoms with E-state index in [2.05, 4.69) is 45.2 Å². The van der Waals surface area contributed by atoms with Gasteiger partial charge in [-0.1, -0.05) is 42.5 Å². The molecule has 0 N–H and O–H groups in total. The van der Waals surface area contributed by atoms with Crippen LogP contribution in [0.1, 0.15) is 0 Å². The summed E-state index contributed by atoms with van der Waals surface area (Å²) < 4.78 is 0.914. The van der Waals surface area contributed by atoms with E-state index in [4.69, 9.17) is 0 Å². The van der Waals surface area contributed by atoms with Crippen molar-refractivity contribution in [2.75, 3.05) is 0 Å². The minimum absolute atomic E-state index is 0.914. The minimum atomic E-state index is 0.914. The van der Waals surface area contributed by atoms with E-state index in [1.807, 2.05) is 24.3 Å². The molecule has 1 nitrogen and oxygen atoms in total. The van der Waals surface area contributed by atoms with Crippen LogP contribution in [0.4, 0.5) is 0 Å². The Labute approximate surface area is 95.9 Å². The quantitative estimate of drug-likeness (QED) is 0.436. The molecule has 15 heavy (non-hydrogen) atoms.